The highest BCUT2D eigenvalue weighted by Gasteiger charge is 2.36. The van der Waals surface area contributed by atoms with E-state index in [9.17, 15) is 5.26 Å². The van der Waals surface area contributed by atoms with E-state index in [1.807, 2.05) is 60.7 Å². The van der Waals surface area contributed by atoms with Crippen LogP contribution < -0.4 is 0 Å². The van der Waals surface area contributed by atoms with Gasteiger partial charge in [0.25, 0.3) is 0 Å². The van der Waals surface area contributed by atoms with Crippen LogP contribution in [0, 0.1) is 11.3 Å². The summed E-state index contributed by atoms with van der Waals surface area (Å²) in [5.74, 6) is 0.617. The zero-order valence-corrected chi connectivity index (χ0v) is 30.0. The van der Waals surface area contributed by atoms with Crippen LogP contribution in [0.15, 0.2) is 170 Å². The molecule has 0 spiro atoms. The molecule has 0 N–H and O–H groups in total. The summed E-state index contributed by atoms with van der Waals surface area (Å²) in [6.45, 7) is 4.66. The molecule has 0 saturated heterocycles. The summed E-state index contributed by atoms with van der Waals surface area (Å²) in [6, 6.07) is 61.6. The van der Waals surface area contributed by atoms with Crippen molar-refractivity contribution >= 4 is 21.8 Å². The van der Waals surface area contributed by atoms with E-state index in [2.05, 4.69) is 134 Å². The van der Waals surface area contributed by atoms with Crippen molar-refractivity contribution in [3.8, 4) is 67.9 Å². The van der Waals surface area contributed by atoms with E-state index in [1.54, 1.807) is 0 Å². The molecular formula is C50H34N4. The number of fused-ring (bicyclic) bond motifs is 6. The molecule has 0 fully saturated rings. The third kappa shape index (κ3) is 4.98. The lowest BCUT2D eigenvalue weighted by Crippen LogP contribution is -2.15. The third-order valence-corrected chi connectivity index (χ3v) is 11.0. The van der Waals surface area contributed by atoms with Crippen LogP contribution in [0.25, 0.3) is 83.6 Å². The average Bonchev–Trinajstić information content (AvgIpc) is 3.68. The van der Waals surface area contributed by atoms with Crippen molar-refractivity contribution in [1.29, 1.82) is 5.26 Å². The van der Waals surface area contributed by atoms with Crippen molar-refractivity contribution < 1.29 is 0 Å². The van der Waals surface area contributed by atoms with Crippen LogP contribution in [-0.2, 0) is 5.41 Å². The summed E-state index contributed by atoms with van der Waals surface area (Å²) < 4.78 is 2.38. The van der Waals surface area contributed by atoms with Gasteiger partial charge >= 0.3 is 0 Å². The molecule has 0 radical (unpaired) electrons. The molecule has 9 aromatic rings. The summed E-state index contributed by atoms with van der Waals surface area (Å²) in [7, 11) is 0. The minimum absolute atomic E-state index is 0.153. The van der Waals surface area contributed by atoms with Crippen LogP contribution in [0.4, 0.5) is 0 Å². The molecule has 1 aliphatic carbocycles. The highest BCUT2D eigenvalue weighted by Crippen LogP contribution is 2.51. The van der Waals surface area contributed by atoms with Gasteiger partial charge in [0.2, 0.25) is 0 Å². The Bertz CT molecular complexity index is 2910. The van der Waals surface area contributed by atoms with Gasteiger partial charge in [-0.1, -0.05) is 135 Å². The van der Waals surface area contributed by atoms with E-state index in [4.69, 9.17) is 9.97 Å². The SMILES string of the molecule is CC1(C)c2ccccc2-c2cc3c4ccccc4n(-c4cc(-c5nc(-c6ccccc6)cc(-c6ccccc6)n5)cc(-c5ccccc5C#N)c4)c3cc21. The Hall–Kier alpha value is -7.09. The van der Waals surface area contributed by atoms with E-state index in [0.717, 1.165) is 55.9 Å². The van der Waals surface area contributed by atoms with Crippen molar-refractivity contribution in [1.82, 2.24) is 14.5 Å². The molecular weight excluding hydrogens is 657 g/mol. The number of benzene rings is 7. The highest BCUT2D eigenvalue weighted by atomic mass is 15.0. The smallest absolute Gasteiger partial charge is 0.160 e. The lowest BCUT2D eigenvalue weighted by molar-refractivity contribution is 0.661. The Morgan fingerprint density at radius 3 is 1.81 bits per heavy atom. The summed E-state index contributed by atoms with van der Waals surface area (Å²) in [4.78, 5) is 10.5. The van der Waals surface area contributed by atoms with Gasteiger partial charge in [-0.2, -0.15) is 5.26 Å². The maximum absolute atomic E-state index is 10.3. The first kappa shape index (κ1) is 31.6. The van der Waals surface area contributed by atoms with Gasteiger partial charge in [-0.25, -0.2) is 9.97 Å². The average molecular weight is 691 g/mol. The largest absolute Gasteiger partial charge is 0.309 e. The second-order valence-electron chi connectivity index (χ2n) is 14.6. The highest BCUT2D eigenvalue weighted by molar-refractivity contribution is 6.11. The molecule has 254 valence electrons. The molecule has 2 heterocycles. The number of hydrogen-bond donors (Lipinski definition) is 0. The number of aromatic nitrogens is 3. The Kier molecular flexibility index (Phi) is 7.18. The zero-order valence-electron chi connectivity index (χ0n) is 30.0. The molecule has 0 amide bonds. The molecule has 1 aliphatic rings. The quantitative estimate of drug-likeness (QED) is 0.181. The van der Waals surface area contributed by atoms with Gasteiger partial charge in [-0.15, -0.1) is 0 Å². The summed E-state index contributed by atoms with van der Waals surface area (Å²) >= 11 is 0. The first-order chi connectivity index (χ1) is 26.5. The minimum atomic E-state index is -0.153. The topological polar surface area (TPSA) is 54.5 Å². The fraction of sp³-hybridized carbons (Fsp3) is 0.0600. The maximum Gasteiger partial charge on any atom is 0.160 e. The predicted octanol–water partition coefficient (Wildman–Crippen LogP) is 12.4. The predicted molar refractivity (Wildman–Crippen MR) is 220 cm³/mol. The molecule has 4 heteroatoms. The van der Waals surface area contributed by atoms with Gasteiger partial charge < -0.3 is 4.57 Å². The molecule has 7 aromatic carbocycles. The van der Waals surface area contributed by atoms with Crippen LogP contribution >= 0.6 is 0 Å². The summed E-state index contributed by atoms with van der Waals surface area (Å²) in [5, 5.41) is 12.7. The van der Waals surface area contributed by atoms with Crippen molar-refractivity contribution in [2.45, 2.75) is 19.3 Å². The molecule has 0 bridgehead atoms. The molecule has 0 unspecified atom stereocenters. The van der Waals surface area contributed by atoms with E-state index in [-0.39, 0.29) is 5.41 Å². The maximum atomic E-state index is 10.3. The van der Waals surface area contributed by atoms with Crippen LogP contribution in [0.3, 0.4) is 0 Å². The fourth-order valence-corrected chi connectivity index (χ4v) is 8.39. The van der Waals surface area contributed by atoms with Gasteiger partial charge in [0.1, 0.15) is 0 Å². The molecule has 54 heavy (non-hydrogen) atoms. The van der Waals surface area contributed by atoms with E-state index < -0.39 is 0 Å². The number of nitrogens with zero attached hydrogens (tertiary/aromatic N) is 4. The van der Waals surface area contributed by atoms with Gasteiger partial charge in [0.05, 0.1) is 34.1 Å². The number of para-hydroxylation sites is 1. The van der Waals surface area contributed by atoms with Crippen molar-refractivity contribution in [3.05, 3.63) is 187 Å². The van der Waals surface area contributed by atoms with Crippen LogP contribution in [0.2, 0.25) is 0 Å². The number of hydrogen-bond acceptors (Lipinski definition) is 3. The van der Waals surface area contributed by atoms with Gasteiger partial charge in [-0.05, 0) is 81.9 Å². The van der Waals surface area contributed by atoms with E-state index in [1.165, 1.54) is 33.0 Å². The van der Waals surface area contributed by atoms with Gasteiger partial charge in [0, 0.05) is 38.6 Å². The number of nitriles is 1. The lowest BCUT2D eigenvalue weighted by Gasteiger charge is -2.22. The van der Waals surface area contributed by atoms with Crippen LogP contribution in [0.5, 0.6) is 0 Å². The molecule has 0 aliphatic heterocycles. The Balaban J connectivity index is 1.28. The van der Waals surface area contributed by atoms with Crippen molar-refractivity contribution in [3.63, 3.8) is 0 Å². The summed E-state index contributed by atoms with van der Waals surface area (Å²) in [6.07, 6.45) is 0. The van der Waals surface area contributed by atoms with E-state index in [0.29, 0.717) is 11.4 Å². The van der Waals surface area contributed by atoms with Crippen LogP contribution in [0.1, 0.15) is 30.5 Å². The molecule has 10 rings (SSSR count). The lowest BCUT2D eigenvalue weighted by atomic mass is 9.82. The van der Waals surface area contributed by atoms with Crippen molar-refractivity contribution in [2.75, 3.05) is 0 Å². The van der Waals surface area contributed by atoms with Crippen molar-refractivity contribution in [2.24, 2.45) is 0 Å². The fourth-order valence-electron chi connectivity index (χ4n) is 8.39. The second-order valence-corrected chi connectivity index (χ2v) is 14.6. The zero-order chi connectivity index (χ0) is 36.4. The molecule has 4 nitrogen and oxygen atoms in total. The molecule has 0 saturated carbocycles. The van der Waals surface area contributed by atoms with Gasteiger partial charge in [0.15, 0.2) is 5.82 Å². The summed E-state index contributed by atoms with van der Waals surface area (Å²) in [5.41, 5.74) is 15.3. The normalized spacial score (nSPS) is 12.8. The Morgan fingerprint density at radius 2 is 1.09 bits per heavy atom. The first-order valence-electron chi connectivity index (χ1n) is 18.3. The first-order valence-corrected chi connectivity index (χ1v) is 18.3. The molecule has 2 aromatic heterocycles. The second kappa shape index (κ2) is 12.3. The Morgan fingerprint density at radius 1 is 0.481 bits per heavy atom. The van der Waals surface area contributed by atoms with Gasteiger partial charge in [-0.3, -0.25) is 0 Å². The molecule has 0 atom stereocenters. The number of rotatable bonds is 5. The van der Waals surface area contributed by atoms with Crippen LogP contribution in [-0.4, -0.2) is 14.5 Å². The third-order valence-electron chi connectivity index (χ3n) is 11.0. The Labute approximate surface area is 314 Å². The van der Waals surface area contributed by atoms with E-state index >= 15 is 0 Å². The monoisotopic (exact) mass is 690 g/mol. The standard InChI is InChI=1S/C50H34N4/c1-50(2)43-23-13-11-21-39(43)41-28-42-40-22-12-14-24-47(40)54(48(42)29-44(41)50)37-26-35(38-20-10-9-19-34(38)31-51)25-36(27-37)49-52-45(32-15-5-3-6-16-32)30-46(53-49)33-17-7-4-8-18-33/h3-30H,1-2H3. The minimum Gasteiger partial charge on any atom is -0.309 e.